The normalized spacial score (nSPS) is 15.0. The molecule has 3 nitrogen and oxygen atoms in total. The van der Waals surface area contributed by atoms with E-state index in [-0.39, 0.29) is 11.8 Å². The van der Waals surface area contributed by atoms with Crippen LogP contribution in [0.4, 0.5) is 0 Å². The highest BCUT2D eigenvalue weighted by Gasteiger charge is 2.19. The molecule has 0 saturated carbocycles. The maximum atomic E-state index is 11.6. The molecule has 86 valence electrons. The molecule has 0 unspecified atom stereocenters. The Morgan fingerprint density at radius 1 is 1.56 bits per heavy atom. The van der Waals surface area contributed by atoms with Crippen LogP contribution in [0.2, 0.25) is 0 Å². The summed E-state index contributed by atoms with van der Waals surface area (Å²) in [6.07, 6.45) is 0. The first-order valence-electron chi connectivity index (χ1n) is 5.27. The number of carbonyl (C=O) groups excluding carboxylic acids is 1. The molecule has 2 rings (SSSR count). The lowest BCUT2D eigenvalue weighted by Gasteiger charge is -2.18. The van der Waals surface area contributed by atoms with E-state index in [2.05, 4.69) is 0 Å². The first-order chi connectivity index (χ1) is 7.72. The predicted molar refractivity (Wildman–Crippen MR) is 62.8 cm³/mol. The summed E-state index contributed by atoms with van der Waals surface area (Å²) in [5.41, 5.74) is 2.16. The highest BCUT2D eigenvalue weighted by Crippen LogP contribution is 2.26. The van der Waals surface area contributed by atoms with Gasteiger partial charge in [0.1, 0.15) is 18.2 Å². The summed E-state index contributed by atoms with van der Waals surface area (Å²) >= 11 is 5.56. The summed E-state index contributed by atoms with van der Waals surface area (Å²) in [5, 5.41) is 0. The van der Waals surface area contributed by atoms with Crippen molar-refractivity contribution in [3.63, 3.8) is 0 Å². The molecule has 0 aromatic heterocycles. The van der Waals surface area contributed by atoms with Crippen LogP contribution in [0, 0.1) is 6.92 Å². The van der Waals surface area contributed by atoms with Gasteiger partial charge >= 0.3 is 0 Å². The molecule has 0 radical (unpaired) electrons. The number of nitrogens with zero attached hydrogens (tertiary/aromatic N) is 1. The molecule has 0 atom stereocenters. The second kappa shape index (κ2) is 4.74. The fraction of sp³-hybridized carbons (Fsp3) is 0.417. The van der Waals surface area contributed by atoms with Gasteiger partial charge in [0.05, 0.1) is 6.54 Å². The van der Waals surface area contributed by atoms with Crippen molar-refractivity contribution in [3.05, 3.63) is 29.3 Å². The number of rotatable bonds is 1. The molecule has 0 spiro atoms. The summed E-state index contributed by atoms with van der Waals surface area (Å²) < 4.78 is 5.67. The molecule has 1 aliphatic rings. The maximum absolute atomic E-state index is 11.6. The fourth-order valence-electron chi connectivity index (χ4n) is 1.88. The Labute approximate surface area is 100.0 Å². The molecule has 0 N–H and O–H groups in total. The van der Waals surface area contributed by atoms with Crippen molar-refractivity contribution in [2.75, 3.05) is 19.0 Å². The summed E-state index contributed by atoms with van der Waals surface area (Å²) in [4.78, 5) is 13.3. The number of para-hydroxylation sites is 1. The van der Waals surface area contributed by atoms with Crippen molar-refractivity contribution in [3.8, 4) is 5.75 Å². The average molecular weight is 240 g/mol. The second-order valence-electron chi connectivity index (χ2n) is 3.86. The van der Waals surface area contributed by atoms with Gasteiger partial charge in [0.2, 0.25) is 5.91 Å². The number of ether oxygens (including phenoxy) is 1. The number of benzene rings is 1. The minimum Gasteiger partial charge on any atom is -0.491 e. The van der Waals surface area contributed by atoms with Crippen LogP contribution in [0.15, 0.2) is 18.2 Å². The minimum absolute atomic E-state index is 0.0289. The number of carbonyl (C=O) groups is 1. The van der Waals surface area contributed by atoms with Crippen LogP contribution in [0.25, 0.3) is 0 Å². The van der Waals surface area contributed by atoms with Gasteiger partial charge < -0.3 is 9.64 Å². The van der Waals surface area contributed by atoms with Gasteiger partial charge in [-0.3, -0.25) is 4.79 Å². The van der Waals surface area contributed by atoms with Crippen molar-refractivity contribution in [2.24, 2.45) is 0 Å². The average Bonchev–Trinajstić information content (AvgIpc) is 2.51. The lowest BCUT2D eigenvalue weighted by atomic mass is 10.1. The topological polar surface area (TPSA) is 29.5 Å². The Kier molecular flexibility index (Phi) is 3.34. The van der Waals surface area contributed by atoms with Gasteiger partial charge in [0, 0.05) is 12.1 Å². The van der Waals surface area contributed by atoms with Crippen molar-refractivity contribution in [2.45, 2.75) is 13.5 Å². The van der Waals surface area contributed by atoms with E-state index >= 15 is 0 Å². The molecular weight excluding hydrogens is 226 g/mol. The van der Waals surface area contributed by atoms with E-state index in [0.29, 0.717) is 19.7 Å². The van der Waals surface area contributed by atoms with E-state index in [1.54, 1.807) is 4.90 Å². The van der Waals surface area contributed by atoms with Gasteiger partial charge in [0.15, 0.2) is 0 Å². The Hall–Kier alpha value is -1.22. The van der Waals surface area contributed by atoms with E-state index < -0.39 is 0 Å². The minimum atomic E-state index is -0.0420. The molecule has 0 bridgehead atoms. The number of alkyl halides is 1. The van der Waals surface area contributed by atoms with Crippen molar-refractivity contribution < 1.29 is 9.53 Å². The van der Waals surface area contributed by atoms with Crippen molar-refractivity contribution in [1.82, 2.24) is 4.90 Å². The summed E-state index contributed by atoms with van der Waals surface area (Å²) in [6.45, 7) is 3.72. The van der Waals surface area contributed by atoms with Crippen LogP contribution in [0.5, 0.6) is 5.75 Å². The van der Waals surface area contributed by atoms with Crippen LogP contribution in [0.3, 0.4) is 0 Å². The second-order valence-corrected chi connectivity index (χ2v) is 4.13. The smallest absolute Gasteiger partial charge is 0.237 e. The van der Waals surface area contributed by atoms with E-state index in [0.717, 1.165) is 16.9 Å². The molecule has 1 aromatic rings. The predicted octanol–water partition coefficient (Wildman–Crippen LogP) is 1.95. The monoisotopic (exact) mass is 239 g/mol. The van der Waals surface area contributed by atoms with Gasteiger partial charge in [-0.2, -0.15) is 0 Å². The zero-order chi connectivity index (χ0) is 11.5. The standard InChI is InChI=1S/C12H14ClNO2/c1-9-3-2-4-10-8-14(11(15)7-13)5-6-16-12(9)10/h2-4H,5-8H2,1H3. The molecule has 0 saturated heterocycles. The number of halogens is 1. The number of hydrogen-bond donors (Lipinski definition) is 0. The molecule has 4 heteroatoms. The molecule has 16 heavy (non-hydrogen) atoms. The quantitative estimate of drug-likeness (QED) is 0.702. The molecule has 0 fully saturated rings. The van der Waals surface area contributed by atoms with Crippen LogP contribution in [0.1, 0.15) is 11.1 Å². The summed E-state index contributed by atoms with van der Waals surface area (Å²) in [5.74, 6) is 0.897. The highest BCUT2D eigenvalue weighted by atomic mass is 35.5. The van der Waals surface area contributed by atoms with E-state index in [1.165, 1.54) is 0 Å². The Morgan fingerprint density at radius 3 is 3.12 bits per heavy atom. The van der Waals surface area contributed by atoms with Gasteiger partial charge in [-0.05, 0) is 12.5 Å². The van der Waals surface area contributed by atoms with Crippen LogP contribution >= 0.6 is 11.6 Å². The lowest BCUT2D eigenvalue weighted by Crippen LogP contribution is -2.33. The first kappa shape index (κ1) is 11.3. The molecule has 1 aliphatic heterocycles. The first-order valence-corrected chi connectivity index (χ1v) is 5.81. The van der Waals surface area contributed by atoms with E-state index in [1.807, 2.05) is 25.1 Å². The highest BCUT2D eigenvalue weighted by molar-refractivity contribution is 6.27. The Balaban J connectivity index is 2.28. The zero-order valence-electron chi connectivity index (χ0n) is 9.20. The van der Waals surface area contributed by atoms with Gasteiger partial charge in [-0.25, -0.2) is 0 Å². The summed E-state index contributed by atoms with van der Waals surface area (Å²) in [7, 11) is 0. The summed E-state index contributed by atoms with van der Waals surface area (Å²) in [6, 6.07) is 5.98. The largest absolute Gasteiger partial charge is 0.491 e. The van der Waals surface area contributed by atoms with E-state index in [9.17, 15) is 4.79 Å². The third-order valence-electron chi connectivity index (χ3n) is 2.73. The number of hydrogen-bond acceptors (Lipinski definition) is 2. The fourth-order valence-corrected chi connectivity index (χ4v) is 2.05. The van der Waals surface area contributed by atoms with Crippen LogP contribution in [-0.2, 0) is 11.3 Å². The molecule has 0 aliphatic carbocycles. The maximum Gasteiger partial charge on any atom is 0.237 e. The van der Waals surface area contributed by atoms with Gasteiger partial charge in [0.25, 0.3) is 0 Å². The van der Waals surface area contributed by atoms with Crippen molar-refractivity contribution in [1.29, 1.82) is 0 Å². The molecular formula is C12H14ClNO2. The van der Waals surface area contributed by atoms with Crippen molar-refractivity contribution >= 4 is 17.5 Å². The third kappa shape index (κ3) is 2.14. The van der Waals surface area contributed by atoms with Gasteiger partial charge in [-0.1, -0.05) is 18.2 Å². The number of fused-ring (bicyclic) bond motifs is 1. The Morgan fingerprint density at radius 2 is 2.38 bits per heavy atom. The van der Waals surface area contributed by atoms with Gasteiger partial charge in [-0.15, -0.1) is 11.6 Å². The van der Waals surface area contributed by atoms with Crippen LogP contribution < -0.4 is 4.74 Å². The number of aryl methyl sites for hydroxylation is 1. The lowest BCUT2D eigenvalue weighted by molar-refractivity contribution is -0.129. The SMILES string of the molecule is Cc1cccc2c1OCCN(C(=O)CCl)C2. The van der Waals surface area contributed by atoms with E-state index in [4.69, 9.17) is 16.3 Å². The molecule has 1 heterocycles. The number of amides is 1. The molecule has 1 amide bonds. The third-order valence-corrected chi connectivity index (χ3v) is 2.96. The molecule has 1 aromatic carbocycles. The zero-order valence-corrected chi connectivity index (χ0v) is 9.96. The Bertz CT molecular complexity index is 406. The van der Waals surface area contributed by atoms with Crippen LogP contribution in [-0.4, -0.2) is 29.8 Å².